The summed E-state index contributed by atoms with van der Waals surface area (Å²) >= 11 is 0. The number of aliphatic carboxylic acids is 1. The highest BCUT2D eigenvalue weighted by Gasteiger charge is 2.30. The average molecular weight is 256 g/mol. The molecular formula is C12H20N2O4. The maximum Gasteiger partial charge on any atom is 0.320 e. The van der Waals surface area contributed by atoms with E-state index in [2.05, 4.69) is 5.32 Å². The molecule has 4 N–H and O–H groups in total. The molecule has 0 aliphatic heterocycles. The summed E-state index contributed by atoms with van der Waals surface area (Å²) in [4.78, 5) is 33.4. The monoisotopic (exact) mass is 256 g/mol. The zero-order valence-corrected chi connectivity index (χ0v) is 10.4. The Morgan fingerprint density at radius 1 is 1.44 bits per heavy atom. The Morgan fingerprint density at radius 3 is 2.72 bits per heavy atom. The van der Waals surface area contributed by atoms with Crippen molar-refractivity contribution in [2.24, 2.45) is 11.7 Å². The minimum atomic E-state index is -1.00. The van der Waals surface area contributed by atoms with Crippen LogP contribution in [0.5, 0.6) is 0 Å². The first kappa shape index (κ1) is 14.6. The molecule has 1 rings (SSSR count). The average Bonchev–Trinajstić information content (AvgIpc) is 2.74. The van der Waals surface area contributed by atoms with Crippen molar-refractivity contribution in [1.29, 1.82) is 0 Å². The van der Waals surface area contributed by atoms with Crippen LogP contribution in [0.3, 0.4) is 0 Å². The number of unbranched alkanes of at least 4 members (excludes halogenated alkanes) is 1. The number of rotatable bonds is 7. The Hall–Kier alpha value is -1.43. The third-order valence-electron chi connectivity index (χ3n) is 3.18. The molecule has 1 saturated carbocycles. The summed E-state index contributed by atoms with van der Waals surface area (Å²) in [5, 5.41) is 11.3. The summed E-state index contributed by atoms with van der Waals surface area (Å²) in [6.07, 6.45) is 3.66. The summed E-state index contributed by atoms with van der Waals surface area (Å²) in [7, 11) is 0. The lowest BCUT2D eigenvalue weighted by Gasteiger charge is -2.10. The number of ketones is 1. The Labute approximate surface area is 106 Å². The Bertz CT molecular complexity index is 330. The fourth-order valence-corrected chi connectivity index (χ4v) is 2.04. The van der Waals surface area contributed by atoms with Crippen LogP contribution in [-0.4, -0.2) is 35.4 Å². The molecule has 1 aliphatic carbocycles. The van der Waals surface area contributed by atoms with E-state index in [0.717, 1.165) is 6.42 Å². The number of Topliss-reactive ketones (excluding diaryl/α,β-unsaturated/α-hetero) is 1. The molecule has 0 aromatic carbocycles. The van der Waals surface area contributed by atoms with Crippen molar-refractivity contribution in [2.45, 2.75) is 44.6 Å². The molecule has 0 saturated heterocycles. The van der Waals surface area contributed by atoms with Gasteiger partial charge in [-0.25, -0.2) is 0 Å². The van der Waals surface area contributed by atoms with Crippen molar-refractivity contribution < 1.29 is 19.5 Å². The first-order valence-corrected chi connectivity index (χ1v) is 6.31. The molecule has 18 heavy (non-hydrogen) atoms. The maximum atomic E-state index is 11.6. The third kappa shape index (κ3) is 4.44. The molecule has 6 nitrogen and oxygen atoms in total. The van der Waals surface area contributed by atoms with Crippen molar-refractivity contribution in [3.8, 4) is 0 Å². The van der Waals surface area contributed by atoms with Crippen LogP contribution in [-0.2, 0) is 14.4 Å². The molecule has 1 aliphatic rings. The SMILES string of the molecule is NC(CCCCNC(=O)[C@@H]1CCCC1=O)C(=O)O. The summed E-state index contributed by atoms with van der Waals surface area (Å²) in [6, 6.07) is -0.836. The van der Waals surface area contributed by atoms with Crippen molar-refractivity contribution in [3.05, 3.63) is 0 Å². The summed E-state index contributed by atoms with van der Waals surface area (Å²) < 4.78 is 0. The Morgan fingerprint density at radius 2 is 2.17 bits per heavy atom. The highest BCUT2D eigenvalue weighted by atomic mass is 16.4. The van der Waals surface area contributed by atoms with E-state index in [4.69, 9.17) is 10.8 Å². The normalized spacial score (nSPS) is 20.7. The smallest absolute Gasteiger partial charge is 0.320 e. The van der Waals surface area contributed by atoms with E-state index in [1.54, 1.807) is 0 Å². The van der Waals surface area contributed by atoms with Crippen LogP contribution in [0.2, 0.25) is 0 Å². The lowest BCUT2D eigenvalue weighted by atomic mass is 10.1. The first-order valence-electron chi connectivity index (χ1n) is 6.31. The highest BCUT2D eigenvalue weighted by Crippen LogP contribution is 2.21. The second-order valence-electron chi connectivity index (χ2n) is 4.64. The fraction of sp³-hybridized carbons (Fsp3) is 0.750. The second kappa shape index (κ2) is 7.10. The van der Waals surface area contributed by atoms with E-state index in [-0.39, 0.29) is 11.7 Å². The number of amides is 1. The van der Waals surface area contributed by atoms with Gasteiger partial charge in [0.1, 0.15) is 11.8 Å². The van der Waals surface area contributed by atoms with Crippen molar-refractivity contribution in [1.82, 2.24) is 5.32 Å². The molecule has 0 aromatic rings. The molecule has 1 fully saturated rings. The fourth-order valence-electron chi connectivity index (χ4n) is 2.04. The summed E-state index contributed by atoms with van der Waals surface area (Å²) in [6.45, 7) is 0.467. The van der Waals surface area contributed by atoms with Gasteiger partial charge in [0, 0.05) is 13.0 Å². The van der Waals surface area contributed by atoms with E-state index >= 15 is 0 Å². The summed E-state index contributed by atoms with van der Waals surface area (Å²) in [5.74, 6) is -1.64. The molecule has 0 spiro atoms. The van der Waals surface area contributed by atoms with E-state index in [1.165, 1.54) is 0 Å². The lowest BCUT2D eigenvalue weighted by molar-refractivity contribution is -0.139. The first-order chi connectivity index (χ1) is 8.52. The minimum absolute atomic E-state index is 0.0281. The van der Waals surface area contributed by atoms with Gasteiger partial charge in [0.2, 0.25) is 5.91 Å². The van der Waals surface area contributed by atoms with Crippen molar-refractivity contribution in [2.75, 3.05) is 6.54 Å². The molecule has 102 valence electrons. The van der Waals surface area contributed by atoms with Crippen LogP contribution >= 0.6 is 0 Å². The van der Waals surface area contributed by atoms with Gasteiger partial charge in [0.15, 0.2) is 0 Å². The van der Waals surface area contributed by atoms with E-state index in [1.807, 2.05) is 0 Å². The Kier molecular flexibility index (Phi) is 5.77. The van der Waals surface area contributed by atoms with Gasteiger partial charge in [-0.3, -0.25) is 14.4 Å². The molecular weight excluding hydrogens is 236 g/mol. The number of carbonyl (C=O) groups excluding carboxylic acids is 2. The predicted molar refractivity (Wildman–Crippen MR) is 64.8 cm³/mol. The number of carboxylic acids is 1. The van der Waals surface area contributed by atoms with E-state index in [9.17, 15) is 14.4 Å². The van der Waals surface area contributed by atoms with Gasteiger partial charge >= 0.3 is 5.97 Å². The minimum Gasteiger partial charge on any atom is -0.480 e. The van der Waals surface area contributed by atoms with Gasteiger partial charge in [-0.05, 0) is 32.1 Å². The van der Waals surface area contributed by atoms with Crippen LogP contribution in [0.1, 0.15) is 38.5 Å². The quantitative estimate of drug-likeness (QED) is 0.440. The van der Waals surface area contributed by atoms with Gasteiger partial charge < -0.3 is 16.2 Å². The topological polar surface area (TPSA) is 109 Å². The van der Waals surface area contributed by atoms with Crippen LogP contribution in [0.4, 0.5) is 0 Å². The van der Waals surface area contributed by atoms with Crippen molar-refractivity contribution in [3.63, 3.8) is 0 Å². The summed E-state index contributed by atoms with van der Waals surface area (Å²) in [5.41, 5.74) is 5.34. The number of nitrogens with one attached hydrogen (secondary N) is 1. The molecule has 1 unspecified atom stereocenters. The molecule has 0 heterocycles. The van der Waals surface area contributed by atoms with Gasteiger partial charge in [0.05, 0.1) is 5.92 Å². The number of carbonyl (C=O) groups is 3. The number of hydrogen-bond donors (Lipinski definition) is 3. The zero-order chi connectivity index (χ0) is 13.5. The molecule has 0 aromatic heterocycles. The largest absolute Gasteiger partial charge is 0.480 e. The Balaban J connectivity index is 2.09. The molecule has 0 bridgehead atoms. The van der Waals surface area contributed by atoms with Crippen LogP contribution in [0.15, 0.2) is 0 Å². The number of nitrogens with two attached hydrogens (primary N) is 1. The highest BCUT2D eigenvalue weighted by molar-refractivity contribution is 6.02. The second-order valence-corrected chi connectivity index (χ2v) is 4.64. The number of carboxylic acid groups (broad SMARTS) is 1. The van der Waals surface area contributed by atoms with E-state index < -0.39 is 17.9 Å². The van der Waals surface area contributed by atoms with Gasteiger partial charge in [-0.1, -0.05) is 0 Å². The predicted octanol–water partition coefficient (Wildman–Crippen LogP) is 0.0540. The van der Waals surface area contributed by atoms with E-state index in [0.29, 0.717) is 38.6 Å². The zero-order valence-electron chi connectivity index (χ0n) is 10.4. The maximum absolute atomic E-state index is 11.6. The molecule has 0 radical (unpaired) electrons. The third-order valence-corrected chi connectivity index (χ3v) is 3.18. The number of hydrogen-bond acceptors (Lipinski definition) is 4. The standard InChI is InChI=1S/C12H20N2O4/c13-9(12(17)18)5-1-2-7-14-11(16)8-4-3-6-10(8)15/h8-9H,1-7,13H2,(H,14,16)(H,17,18)/t8-,9?/m1/s1. The molecule has 6 heteroatoms. The van der Waals surface area contributed by atoms with Crippen LogP contribution in [0, 0.1) is 5.92 Å². The lowest BCUT2D eigenvalue weighted by Crippen LogP contribution is -2.34. The molecule has 1 amide bonds. The van der Waals surface area contributed by atoms with Crippen LogP contribution in [0.25, 0.3) is 0 Å². The molecule has 2 atom stereocenters. The van der Waals surface area contributed by atoms with Crippen LogP contribution < -0.4 is 11.1 Å². The van der Waals surface area contributed by atoms with Crippen molar-refractivity contribution >= 4 is 17.7 Å². The van der Waals surface area contributed by atoms with Gasteiger partial charge in [-0.15, -0.1) is 0 Å². The van der Waals surface area contributed by atoms with Gasteiger partial charge in [-0.2, -0.15) is 0 Å². The van der Waals surface area contributed by atoms with Gasteiger partial charge in [0.25, 0.3) is 0 Å².